The van der Waals surface area contributed by atoms with E-state index in [1.165, 1.54) is 4.57 Å². The minimum Gasteiger partial charge on any atom is -0.494 e. The highest BCUT2D eigenvalue weighted by Crippen LogP contribution is 2.58. The number of fused-ring (bicyclic) bond motifs is 5. The first kappa shape index (κ1) is 17.8. The molecule has 2 aliphatic rings. The highest BCUT2D eigenvalue weighted by molar-refractivity contribution is 7.51. The summed E-state index contributed by atoms with van der Waals surface area (Å²) in [7, 11) is -4.16. The molecule has 25 heavy (non-hydrogen) atoms. The summed E-state index contributed by atoms with van der Waals surface area (Å²) < 4.78 is 22.9. The number of carbonyl (C=O) groups excluding carboxylic acids is 1. The van der Waals surface area contributed by atoms with E-state index in [9.17, 15) is 19.6 Å². The van der Waals surface area contributed by atoms with Crippen molar-refractivity contribution >= 4 is 13.6 Å². The summed E-state index contributed by atoms with van der Waals surface area (Å²) in [4.78, 5) is 29.2. The lowest BCUT2D eigenvalue weighted by Gasteiger charge is -2.23. The van der Waals surface area contributed by atoms with Gasteiger partial charge in [0.25, 0.3) is 0 Å². The van der Waals surface area contributed by atoms with Crippen LogP contribution in [0.3, 0.4) is 0 Å². The Morgan fingerprint density at radius 2 is 2.16 bits per heavy atom. The number of aromatic nitrogens is 1. The van der Waals surface area contributed by atoms with Crippen LogP contribution in [-0.2, 0) is 31.0 Å². The van der Waals surface area contributed by atoms with Crippen molar-refractivity contribution in [3.8, 4) is 11.8 Å². The summed E-state index contributed by atoms with van der Waals surface area (Å²) in [5, 5.41) is 20.9. The van der Waals surface area contributed by atoms with Crippen molar-refractivity contribution in [2.75, 3.05) is 12.8 Å². The molecule has 0 aromatic carbocycles. The zero-order chi connectivity index (χ0) is 18.4. The largest absolute Gasteiger partial charge is 0.494 e. The Kier molecular flexibility index (Phi) is 4.28. The summed E-state index contributed by atoms with van der Waals surface area (Å²) >= 11 is 0. The van der Waals surface area contributed by atoms with Gasteiger partial charge >= 0.3 is 13.6 Å². The maximum atomic E-state index is 11.3. The van der Waals surface area contributed by atoms with Crippen LogP contribution in [0.1, 0.15) is 23.7 Å². The summed E-state index contributed by atoms with van der Waals surface area (Å²) in [5.74, 6) is -1.16. The smallest absolute Gasteiger partial charge is 0.330 e. The van der Waals surface area contributed by atoms with E-state index >= 15 is 0 Å². The lowest BCUT2D eigenvalue weighted by molar-refractivity contribution is -0.146. The molecule has 0 spiro atoms. The van der Waals surface area contributed by atoms with Crippen molar-refractivity contribution in [3.63, 3.8) is 0 Å². The Hall–Kier alpha value is -2.06. The number of carbonyl (C=O) groups is 1. The maximum Gasteiger partial charge on any atom is 0.330 e. The molecule has 4 N–H and O–H groups in total. The number of hydrogen-bond donors (Lipinski definition) is 4. The molecule has 0 radical (unpaired) electrons. The van der Waals surface area contributed by atoms with Crippen molar-refractivity contribution in [1.82, 2.24) is 4.57 Å². The van der Waals surface area contributed by atoms with Crippen molar-refractivity contribution < 1.29 is 38.8 Å². The molecular formula is C15H18NO8P. The molecule has 0 fully saturated rings. The van der Waals surface area contributed by atoms with Gasteiger partial charge in [0.05, 0.1) is 17.3 Å². The molecule has 2 aliphatic heterocycles. The van der Waals surface area contributed by atoms with Crippen LogP contribution < -0.4 is 0 Å². The molecule has 0 aliphatic carbocycles. The minimum absolute atomic E-state index is 0.0189. The predicted octanol–water partition coefficient (Wildman–Crippen LogP) is 1.03. The molecule has 10 heteroatoms. The van der Waals surface area contributed by atoms with Gasteiger partial charge in [-0.1, -0.05) is 12.7 Å². The Morgan fingerprint density at radius 3 is 2.80 bits per heavy atom. The predicted molar refractivity (Wildman–Crippen MR) is 85.1 cm³/mol. The molecular weight excluding hydrogens is 353 g/mol. The second-order valence-electron chi connectivity index (χ2n) is 5.93. The first-order chi connectivity index (χ1) is 11.7. The van der Waals surface area contributed by atoms with E-state index in [2.05, 4.69) is 6.58 Å². The number of esters is 1. The van der Waals surface area contributed by atoms with Gasteiger partial charge in [0.1, 0.15) is 12.7 Å². The highest BCUT2D eigenvalue weighted by Gasteiger charge is 2.53. The molecule has 9 nitrogen and oxygen atoms in total. The monoisotopic (exact) mass is 371 g/mol. The van der Waals surface area contributed by atoms with E-state index in [0.717, 1.165) is 6.08 Å². The molecule has 2 unspecified atom stereocenters. The maximum absolute atomic E-state index is 11.3. The average Bonchev–Trinajstić information content (AvgIpc) is 3.17. The molecule has 0 saturated heterocycles. The highest BCUT2D eigenvalue weighted by atomic mass is 31.2. The van der Waals surface area contributed by atoms with Crippen molar-refractivity contribution in [3.05, 3.63) is 35.9 Å². The van der Waals surface area contributed by atoms with E-state index in [1.807, 2.05) is 0 Å². The standard InChI is InChI=1S/C15H18NO8P/c1-2-10(17)23-8-15-5-4-9(24-15)11-12(15)14(19)16(13(11)18)6-3-7-25(20,21)22/h2,4-5,9,18-19H,1,3,6-8H2,(H2,20,21,22). The molecule has 2 atom stereocenters. The van der Waals surface area contributed by atoms with Crippen LogP contribution in [0.2, 0.25) is 0 Å². The van der Waals surface area contributed by atoms with Gasteiger partial charge in [-0.2, -0.15) is 0 Å². The number of ether oxygens (including phenoxy) is 2. The second-order valence-corrected chi connectivity index (χ2v) is 7.70. The summed E-state index contributed by atoms with van der Waals surface area (Å²) in [6, 6.07) is 0. The third-order valence-electron chi connectivity index (χ3n) is 4.26. The van der Waals surface area contributed by atoms with Gasteiger partial charge in [-0.3, -0.25) is 9.13 Å². The van der Waals surface area contributed by atoms with Gasteiger partial charge in [0.2, 0.25) is 11.8 Å². The Bertz CT molecular complexity index is 807. The summed E-state index contributed by atoms with van der Waals surface area (Å²) in [6.45, 7) is 3.13. The van der Waals surface area contributed by atoms with Crippen LogP contribution in [-0.4, -0.2) is 43.3 Å². The second kappa shape index (κ2) is 6.03. The van der Waals surface area contributed by atoms with Crippen LogP contribution in [0.25, 0.3) is 0 Å². The Morgan fingerprint density at radius 1 is 1.44 bits per heavy atom. The SMILES string of the molecule is C=CC(=O)OCC12C=CC(O1)c1c2c(O)n(CCCP(=O)(O)O)c1O. The first-order valence-corrected chi connectivity index (χ1v) is 9.34. The van der Waals surface area contributed by atoms with Crippen LogP contribution in [0.15, 0.2) is 24.8 Å². The fourth-order valence-electron chi connectivity index (χ4n) is 3.18. The van der Waals surface area contributed by atoms with Gasteiger partial charge in [-0.25, -0.2) is 4.79 Å². The van der Waals surface area contributed by atoms with Crippen LogP contribution in [0.4, 0.5) is 0 Å². The molecule has 136 valence electrons. The number of hydrogen-bond acceptors (Lipinski definition) is 6. The summed E-state index contributed by atoms with van der Waals surface area (Å²) in [6.07, 6.45) is 3.45. The molecule has 0 amide bonds. The average molecular weight is 371 g/mol. The van der Waals surface area contributed by atoms with Crippen LogP contribution in [0.5, 0.6) is 11.8 Å². The van der Waals surface area contributed by atoms with Crippen LogP contribution in [0, 0.1) is 0 Å². The third kappa shape index (κ3) is 3.00. The van der Waals surface area contributed by atoms with Crippen molar-refractivity contribution in [1.29, 1.82) is 0 Å². The van der Waals surface area contributed by atoms with E-state index in [1.54, 1.807) is 12.2 Å². The molecule has 3 heterocycles. The molecule has 0 saturated carbocycles. The first-order valence-electron chi connectivity index (χ1n) is 7.54. The zero-order valence-electron chi connectivity index (χ0n) is 13.2. The quantitative estimate of drug-likeness (QED) is 0.241. The van der Waals surface area contributed by atoms with E-state index < -0.39 is 25.3 Å². The minimum atomic E-state index is -4.16. The van der Waals surface area contributed by atoms with Crippen LogP contribution >= 0.6 is 7.60 Å². The lowest BCUT2D eigenvalue weighted by atomic mass is 9.90. The Labute approximate surface area is 143 Å². The lowest BCUT2D eigenvalue weighted by Crippen LogP contribution is -2.29. The van der Waals surface area contributed by atoms with E-state index in [0.29, 0.717) is 11.1 Å². The van der Waals surface area contributed by atoms with Crippen molar-refractivity contribution in [2.45, 2.75) is 24.7 Å². The van der Waals surface area contributed by atoms with E-state index in [-0.39, 0.29) is 37.5 Å². The molecule has 1 aromatic rings. The van der Waals surface area contributed by atoms with Gasteiger partial charge in [0.15, 0.2) is 5.60 Å². The van der Waals surface area contributed by atoms with Crippen molar-refractivity contribution in [2.24, 2.45) is 0 Å². The zero-order valence-corrected chi connectivity index (χ0v) is 14.1. The van der Waals surface area contributed by atoms with Gasteiger partial charge in [0, 0.05) is 12.6 Å². The number of rotatable bonds is 7. The Balaban J connectivity index is 1.87. The fourth-order valence-corrected chi connectivity index (χ4v) is 3.74. The van der Waals surface area contributed by atoms with E-state index in [4.69, 9.17) is 19.3 Å². The number of nitrogens with zero attached hydrogens (tertiary/aromatic N) is 1. The molecule has 1 aromatic heterocycles. The number of aromatic hydroxyl groups is 2. The normalized spacial score (nSPS) is 23.7. The summed E-state index contributed by atoms with van der Waals surface area (Å²) in [5.41, 5.74) is -0.536. The fraction of sp³-hybridized carbons (Fsp3) is 0.400. The van der Waals surface area contributed by atoms with Gasteiger partial charge in [-0.15, -0.1) is 0 Å². The van der Waals surface area contributed by atoms with Gasteiger partial charge < -0.3 is 29.5 Å². The molecule has 3 rings (SSSR count). The molecule has 2 bridgehead atoms. The van der Waals surface area contributed by atoms with Gasteiger partial charge in [-0.05, 0) is 12.5 Å². The topological polar surface area (TPSA) is 138 Å². The third-order valence-corrected chi connectivity index (χ3v) is 5.16.